The van der Waals surface area contributed by atoms with Crippen molar-refractivity contribution < 1.29 is 9.21 Å². The van der Waals surface area contributed by atoms with Crippen molar-refractivity contribution in [2.24, 2.45) is 11.7 Å². The van der Waals surface area contributed by atoms with Gasteiger partial charge in [0.05, 0.1) is 6.04 Å². The van der Waals surface area contributed by atoms with Crippen molar-refractivity contribution in [2.75, 3.05) is 5.32 Å². The van der Waals surface area contributed by atoms with Crippen LogP contribution in [0.15, 0.2) is 22.6 Å². The highest BCUT2D eigenvalue weighted by atomic mass is 16.3. The molecule has 1 amide bonds. The Balaban J connectivity index is 2.21. The third-order valence-electron chi connectivity index (χ3n) is 3.19. The van der Waals surface area contributed by atoms with E-state index in [1.54, 1.807) is 12.1 Å². The smallest absolute Gasteiger partial charge is 0.241 e. The van der Waals surface area contributed by atoms with E-state index in [4.69, 9.17) is 10.2 Å². The van der Waals surface area contributed by atoms with Crippen LogP contribution in [0.1, 0.15) is 39.5 Å². The average Bonchev–Trinajstić information content (AvgIpc) is 2.80. The van der Waals surface area contributed by atoms with E-state index in [-0.39, 0.29) is 17.7 Å². The van der Waals surface area contributed by atoms with Crippen molar-refractivity contribution in [3.63, 3.8) is 0 Å². The number of nitrogens with zero attached hydrogens (tertiary/aromatic N) is 1. The summed E-state index contributed by atoms with van der Waals surface area (Å²) >= 11 is 0. The standard InChI is InChI=1S/C15H21N3O2/c1-8(2)13(16)14(19)17-10-5-6-12-11(7-10)18-15(20-12)9(3)4/h5-9,13H,16H2,1-4H3,(H,17,19). The number of carbonyl (C=O) groups excluding carboxylic acids is 1. The summed E-state index contributed by atoms with van der Waals surface area (Å²) in [6.45, 7) is 7.88. The molecule has 1 atom stereocenters. The molecule has 5 nitrogen and oxygen atoms in total. The van der Waals surface area contributed by atoms with Gasteiger partial charge in [-0.1, -0.05) is 27.7 Å². The lowest BCUT2D eigenvalue weighted by Gasteiger charge is -2.15. The Morgan fingerprint density at radius 1 is 1.30 bits per heavy atom. The molecule has 0 aliphatic rings. The maximum absolute atomic E-state index is 11.9. The van der Waals surface area contributed by atoms with E-state index in [1.807, 2.05) is 33.8 Å². The first-order valence-electron chi connectivity index (χ1n) is 6.85. The van der Waals surface area contributed by atoms with Gasteiger partial charge < -0.3 is 15.5 Å². The highest BCUT2D eigenvalue weighted by molar-refractivity contribution is 5.96. The molecule has 1 unspecified atom stereocenters. The van der Waals surface area contributed by atoms with Gasteiger partial charge in [0.2, 0.25) is 5.91 Å². The summed E-state index contributed by atoms with van der Waals surface area (Å²) in [5.74, 6) is 0.836. The van der Waals surface area contributed by atoms with Crippen LogP contribution >= 0.6 is 0 Å². The lowest BCUT2D eigenvalue weighted by Crippen LogP contribution is -2.39. The van der Waals surface area contributed by atoms with E-state index in [2.05, 4.69) is 10.3 Å². The number of aromatic nitrogens is 1. The molecule has 0 fully saturated rings. The number of nitrogens with two attached hydrogens (primary N) is 1. The second kappa shape index (κ2) is 5.63. The average molecular weight is 275 g/mol. The Morgan fingerprint density at radius 3 is 2.60 bits per heavy atom. The maximum Gasteiger partial charge on any atom is 0.241 e. The van der Waals surface area contributed by atoms with Gasteiger partial charge in [0.25, 0.3) is 0 Å². The molecule has 5 heteroatoms. The molecule has 1 aromatic heterocycles. The maximum atomic E-state index is 11.9. The molecule has 20 heavy (non-hydrogen) atoms. The van der Waals surface area contributed by atoms with E-state index in [0.29, 0.717) is 11.6 Å². The number of hydrogen-bond acceptors (Lipinski definition) is 4. The number of oxazole rings is 1. The quantitative estimate of drug-likeness (QED) is 0.899. The van der Waals surface area contributed by atoms with Crippen molar-refractivity contribution in [3.8, 4) is 0 Å². The van der Waals surface area contributed by atoms with Crippen LogP contribution < -0.4 is 11.1 Å². The van der Waals surface area contributed by atoms with Gasteiger partial charge in [-0.05, 0) is 24.1 Å². The molecule has 1 aromatic carbocycles. The van der Waals surface area contributed by atoms with Gasteiger partial charge >= 0.3 is 0 Å². The number of fused-ring (bicyclic) bond motifs is 1. The van der Waals surface area contributed by atoms with Crippen LogP contribution in [0.25, 0.3) is 11.1 Å². The van der Waals surface area contributed by atoms with Crippen LogP contribution in [-0.2, 0) is 4.79 Å². The first-order valence-corrected chi connectivity index (χ1v) is 6.85. The predicted molar refractivity (Wildman–Crippen MR) is 79.5 cm³/mol. The molecular weight excluding hydrogens is 254 g/mol. The lowest BCUT2D eigenvalue weighted by atomic mass is 10.0. The highest BCUT2D eigenvalue weighted by Crippen LogP contribution is 2.23. The summed E-state index contributed by atoms with van der Waals surface area (Å²) in [4.78, 5) is 16.3. The minimum Gasteiger partial charge on any atom is -0.440 e. The molecule has 0 spiro atoms. The molecule has 3 N–H and O–H groups in total. The lowest BCUT2D eigenvalue weighted by molar-refractivity contribution is -0.118. The third-order valence-corrected chi connectivity index (χ3v) is 3.19. The minimum atomic E-state index is -0.519. The number of rotatable bonds is 4. The highest BCUT2D eigenvalue weighted by Gasteiger charge is 2.17. The van der Waals surface area contributed by atoms with Crippen LogP contribution in [0, 0.1) is 5.92 Å². The van der Waals surface area contributed by atoms with Crippen molar-refractivity contribution >= 4 is 22.7 Å². The van der Waals surface area contributed by atoms with E-state index in [0.717, 1.165) is 11.1 Å². The normalized spacial score (nSPS) is 13.2. The summed E-state index contributed by atoms with van der Waals surface area (Å²) in [6, 6.07) is 4.89. The number of carbonyl (C=O) groups is 1. The largest absolute Gasteiger partial charge is 0.440 e. The van der Waals surface area contributed by atoms with E-state index in [1.165, 1.54) is 0 Å². The van der Waals surface area contributed by atoms with Gasteiger partial charge in [0.1, 0.15) is 5.52 Å². The molecule has 2 aromatic rings. The monoisotopic (exact) mass is 275 g/mol. The van der Waals surface area contributed by atoms with Crippen LogP contribution in [-0.4, -0.2) is 16.9 Å². The molecule has 108 valence electrons. The molecule has 1 heterocycles. The van der Waals surface area contributed by atoms with Crippen LogP contribution in [0.4, 0.5) is 5.69 Å². The molecule has 0 saturated carbocycles. The SMILES string of the molecule is CC(C)c1nc2cc(NC(=O)C(N)C(C)C)ccc2o1. The topological polar surface area (TPSA) is 81.2 Å². The predicted octanol–water partition coefficient (Wildman–Crippen LogP) is 2.87. The number of hydrogen-bond donors (Lipinski definition) is 2. The fourth-order valence-corrected chi connectivity index (χ4v) is 1.80. The fourth-order valence-electron chi connectivity index (χ4n) is 1.80. The van der Waals surface area contributed by atoms with Crippen LogP contribution in [0.2, 0.25) is 0 Å². The minimum absolute atomic E-state index is 0.0957. The third kappa shape index (κ3) is 2.99. The molecule has 0 aliphatic carbocycles. The first-order chi connectivity index (χ1) is 9.38. The van der Waals surface area contributed by atoms with Crippen molar-refractivity contribution in [1.29, 1.82) is 0 Å². The molecule has 0 saturated heterocycles. The summed E-state index contributed by atoms with van der Waals surface area (Å²) in [5, 5.41) is 2.81. The second-order valence-electron chi connectivity index (χ2n) is 5.65. The summed E-state index contributed by atoms with van der Waals surface area (Å²) in [7, 11) is 0. The molecule has 0 aliphatic heterocycles. The zero-order valence-corrected chi connectivity index (χ0v) is 12.3. The Labute approximate surface area is 118 Å². The molecule has 0 bridgehead atoms. The van der Waals surface area contributed by atoms with Crippen molar-refractivity contribution in [1.82, 2.24) is 4.98 Å². The van der Waals surface area contributed by atoms with Crippen LogP contribution in [0.3, 0.4) is 0 Å². The number of nitrogens with one attached hydrogen (secondary N) is 1. The summed E-state index contributed by atoms with van der Waals surface area (Å²) in [5.41, 5.74) is 7.96. The van der Waals surface area contributed by atoms with E-state index in [9.17, 15) is 4.79 Å². The Bertz CT molecular complexity index is 617. The zero-order chi connectivity index (χ0) is 14.9. The number of benzene rings is 1. The van der Waals surface area contributed by atoms with E-state index < -0.39 is 6.04 Å². The summed E-state index contributed by atoms with van der Waals surface area (Å²) < 4.78 is 5.63. The fraction of sp³-hybridized carbons (Fsp3) is 0.467. The number of anilines is 1. The summed E-state index contributed by atoms with van der Waals surface area (Å²) in [6.07, 6.45) is 0. The van der Waals surface area contributed by atoms with Crippen molar-refractivity contribution in [3.05, 3.63) is 24.1 Å². The molecule has 2 rings (SSSR count). The second-order valence-corrected chi connectivity index (χ2v) is 5.65. The Hall–Kier alpha value is -1.88. The molecular formula is C15H21N3O2. The van der Waals surface area contributed by atoms with Gasteiger partial charge in [0, 0.05) is 11.6 Å². The van der Waals surface area contributed by atoms with Crippen molar-refractivity contribution in [2.45, 2.75) is 39.7 Å². The van der Waals surface area contributed by atoms with Gasteiger partial charge in [-0.15, -0.1) is 0 Å². The zero-order valence-electron chi connectivity index (χ0n) is 12.3. The Kier molecular flexibility index (Phi) is 4.09. The van der Waals surface area contributed by atoms with Gasteiger partial charge in [-0.25, -0.2) is 4.98 Å². The molecule has 0 radical (unpaired) electrons. The number of amides is 1. The van der Waals surface area contributed by atoms with Gasteiger partial charge in [-0.2, -0.15) is 0 Å². The van der Waals surface area contributed by atoms with Gasteiger partial charge in [-0.3, -0.25) is 4.79 Å². The van der Waals surface area contributed by atoms with Crippen LogP contribution in [0.5, 0.6) is 0 Å². The Morgan fingerprint density at radius 2 is 2.00 bits per heavy atom. The first kappa shape index (κ1) is 14.5. The van der Waals surface area contributed by atoms with E-state index >= 15 is 0 Å². The van der Waals surface area contributed by atoms with Gasteiger partial charge in [0.15, 0.2) is 11.5 Å².